The van der Waals surface area contributed by atoms with Gasteiger partial charge in [-0.25, -0.2) is 0 Å². The Kier molecular flexibility index (Phi) is 23.0. The summed E-state index contributed by atoms with van der Waals surface area (Å²) in [5.74, 6) is -4.13. The minimum atomic E-state index is -1.04. The molecule has 0 aromatic rings. The Balaban J connectivity index is 3.72. The van der Waals surface area contributed by atoms with Crippen molar-refractivity contribution < 1.29 is 39.3 Å². The number of carbonyl (C=O) groups excluding carboxylic acids is 2. The SMILES string of the molecule is C[C@@H](CCCCNC(=O)CC[C@H](CC(=O)CCCCCCCCCCCCCCCC(=O)O)C(=O)O)C(=O)O. The molecule has 0 heterocycles. The quantitative estimate of drug-likeness (QED) is 0.0811. The minimum Gasteiger partial charge on any atom is -0.481 e. The third-order valence-electron chi connectivity index (χ3n) is 7.20. The standard InChI is InChI=1S/C30H53NO8/c1-24(29(36)37)17-15-16-22-31-27(33)21-20-25(30(38)39)23-26(32)18-13-11-9-7-5-3-2-4-6-8-10-12-14-19-28(34)35/h24-25H,2-23H2,1H3,(H,31,33)(H,34,35)(H,36,37)(H,38,39)/t24-,25+/m0/s1. The summed E-state index contributed by atoms with van der Waals surface area (Å²) >= 11 is 0. The van der Waals surface area contributed by atoms with Gasteiger partial charge in [-0.2, -0.15) is 0 Å². The van der Waals surface area contributed by atoms with Gasteiger partial charge in [0.05, 0.1) is 11.8 Å². The zero-order valence-electron chi connectivity index (χ0n) is 24.1. The van der Waals surface area contributed by atoms with E-state index in [0.717, 1.165) is 44.9 Å². The van der Waals surface area contributed by atoms with Crippen molar-refractivity contribution in [1.29, 1.82) is 0 Å². The maximum atomic E-state index is 12.3. The third-order valence-corrected chi connectivity index (χ3v) is 7.20. The van der Waals surface area contributed by atoms with Crippen LogP contribution in [0.3, 0.4) is 0 Å². The Morgan fingerprint density at radius 2 is 1.05 bits per heavy atom. The molecule has 4 N–H and O–H groups in total. The van der Waals surface area contributed by atoms with Gasteiger partial charge < -0.3 is 20.6 Å². The molecule has 0 fully saturated rings. The van der Waals surface area contributed by atoms with Crippen LogP contribution in [0.5, 0.6) is 0 Å². The first-order valence-electron chi connectivity index (χ1n) is 15.1. The second kappa shape index (κ2) is 24.6. The number of carboxylic acids is 3. The first-order chi connectivity index (χ1) is 18.6. The fraction of sp³-hybridized carbons (Fsp3) is 0.833. The summed E-state index contributed by atoms with van der Waals surface area (Å²) in [7, 11) is 0. The molecule has 1 amide bonds. The van der Waals surface area contributed by atoms with Crippen LogP contribution in [0.1, 0.15) is 142 Å². The molecule has 0 bridgehead atoms. The van der Waals surface area contributed by atoms with Crippen LogP contribution in [-0.4, -0.2) is 51.5 Å². The minimum absolute atomic E-state index is 0.0325. The molecular formula is C30H53NO8. The fourth-order valence-electron chi connectivity index (χ4n) is 4.55. The van der Waals surface area contributed by atoms with Gasteiger partial charge in [0, 0.05) is 32.2 Å². The number of unbranched alkanes of at least 4 members (excludes halogenated alkanes) is 13. The zero-order valence-corrected chi connectivity index (χ0v) is 24.1. The van der Waals surface area contributed by atoms with E-state index in [1.807, 2.05) is 0 Å². The average molecular weight is 556 g/mol. The zero-order chi connectivity index (χ0) is 29.3. The van der Waals surface area contributed by atoms with E-state index < -0.39 is 29.7 Å². The van der Waals surface area contributed by atoms with Gasteiger partial charge in [-0.3, -0.25) is 24.0 Å². The number of carboxylic acid groups (broad SMARTS) is 3. The molecule has 9 nitrogen and oxygen atoms in total. The maximum absolute atomic E-state index is 12.3. The molecule has 39 heavy (non-hydrogen) atoms. The van der Waals surface area contributed by atoms with E-state index in [1.165, 1.54) is 38.5 Å². The molecule has 0 aliphatic carbocycles. The Hall–Kier alpha value is -2.45. The van der Waals surface area contributed by atoms with Crippen molar-refractivity contribution in [1.82, 2.24) is 5.32 Å². The van der Waals surface area contributed by atoms with Crippen molar-refractivity contribution in [3.8, 4) is 0 Å². The van der Waals surface area contributed by atoms with Crippen LogP contribution < -0.4 is 5.32 Å². The van der Waals surface area contributed by atoms with Crippen molar-refractivity contribution >= 4 is 29.6 Å². The second-order valence-corrected chi connectivity index (χ2v) is 10.9. The first-order valence-corrected chi connectivity index (χ1v) is 15.1. The lowest BCUT2D eigenvalue weighted by molar-refractivity contribution is -0.144. The Morgan fingerprint density at radius 1 is 0.564 bits per heavy atom. The molecule has 0 aliphatic heterocycles. The second-order valence-electron chi connectivity index (χ2n) is 10.9. The number of hydrogen-bond acceptors (Lipinski definition) is 5. The van der Waals surface area contributed by atoms with E-state index >= 15 is 0 Å². The van der Waals surface area contributed by atoms with Crippen LogP contribution in [0.25, 0.3) is 0 Å². The summed E-state index contributed by atoms with van der Waals surface area (Å²) < 4.78 is 0. The summed E-state index contributed by atoms with van der Waals surface area (Å²) in [5, 5.41) is 29.6. The molecule has 0 aromatic carbocycles. The molecule has 0 saturated heterocycles. The Morgan fingerprint density at radius 3 is 1.51 bits per heavy atom. The molecule has 0 rings (SSSR count). The van der Waals surface area contributed by atoms with Gasteiger partial charge in [0.25, 0.3) is 0 Å². The highest BCUT2D eigenvalue weighted by Crippen LogP contribution is 2.17. The number of hydrogen-bond donors (Lipinski definition) is 4. The van der Waals surface area contributed by atoms with Crippen molar-refractivity contribution in [3.63, 3.8) is 0 Å². The summed E-state index contributed by atoms with van der Waals surface area (Å²) in [5.41, 5.74) is 0. The van der Waals surface area contributed by atoms with Gasteiger partial charge in [-0.05, 0) is 32.1 Å². The number of amides is 1. The van der Waals surface area contributed by atoms with Gasteiger partial charge in [0.15, 0.2) is 0 Å². The number of carbonyl (C=O) groups is 5. The van der Waals surface area contributed by atoms with E-state index in [1.54, 1.807) is 6.92 Å². The fourth-order valence-corrected chi connectivity index (χ4v) is 4.55. The van der Waals surface area contributed by atoms with Gasteiger partial charge in [0.2, 0.25) is 5.91 Å². The molecule has 0 saturated carbocycles. The molecule has 2 atom stereocenters. The Labute approximate surface area is 234 Å². The molecule has 0 aliphatic rings. The van der Waals surface area contributed by atoms with Crippen molar-refractivity contribution in [2.45, 2.75) is 142 Å². The predicted molar refractivity (Wildman–Crippen MR) is 151 cm³/mol. The first kappa shape index (κ1) is 36.5. The number of aliphatic carboxylic acids is 3. The van der Waals surface area contributed by atoms with E-state index in [-0.39, 0.29) is 37.4 Å². The van der Waals surface area contributed by atoms with Gasteiger partial charge in [-0.15, -0.1) is 0 Å². The van der Waals surface area contributed by atoms with Gasteiger partial charge in [-0.1, -0.05) is 84.0 Å². The molecule has 0 unspecified atom stereocenters. The summed E-state index contributed by atoms with van der Waals surface area (Å²) in [6.07, 6.45) is 16.9. The predicted octanol–water partition coefficient (Wildman–Crippen LogP) is 6.37. The summed E-state index contributed by atoms with van der Waals surface area (Å²) in [4.78, 5) is 57.0. The van der Waals surface area contributed by atoms with Crippen LogP contribution in [0.4, 0.5) is 0 Å². The molecule has 226 valence electrons. The monoisotopic (exact) mass is 555 g/mol. The third kappa shape index (κ3) is 24.3. The number of Topliss-reactive ketones (excluding diaryl/α,β-unsaturated/α-hetero) is 1. The molecule has 0 spiro atoms. The lowest BCUT2D eigenvalue weighted by Crippen LogP contribution is -2.26. The molecular weight excluding hydrogens is 502 g/mol. The highest BCUT2D eigenvalue weighted by Gasteiger charge is 2.22. The largest absolute Gasteiger partial charge is 0.481 e. The Bertz CT molecular complexity index is 709. The van der Waals surface area contributed by atoms with Crippen molar-refractivity contribution in [2.75, 3.05) is 6.54 Å². The van der Waals surface area contributed by atoms with Crippen LogP contribution in [0.2, 0.25) is 0 Å². The highest BCUT2D eigenvalue weighted by atomic mass is 16.4. The number of ketones is 1. The lowest BCUT2D eigenvalue weighted by atomic mass is 9.94. The van der Waals surface area contributed by atoms with Crippen molar-refractivity contribution in [3.05, 3.63) is 0 Å². The van der Waals surface area contributed by atoms with E-state index in [4.69, 9.17) is 10.2 Å². The van der Waals surface area contributed by atoms with Crippen molar-refractivity contribution in [2.24, 2.45) is 11.8 Å². The average Bonchev–Trinajstić information content (AvgIpc) is 2.87. The van der Waals surface area contributed by atoms with Crippen LogP contribution >= 0.6 is 0 Å². The van der Waals surface area contributed by atoms with Crippen LogP contribution in [0.15, 0.2) is 0 Å². The number of nitrogens with one attached hydrogen (secondary N) is 1. The summed E-state index contributed by atoms with van der Waals surface area (Å²) in [6.45, 7) is 2.08. The molecule has 0 aromatic heterocycles. The normalized spacial score (nSPS) is 12.5. The van der Waals surface area contributed by atoms with Crippen LogP contribution in [0, 0.1) is 11.8 Å². The lowest BCUT2D eigenvalue weighted by Gasteiger charge is -2.12. The molecule has 9 heteroatoms. The van der Waals surface area contributed by atoms with E-state index in [9.17, 15) is 29.1 Å². The topological polar surface area (TPSA) is 158 Å². The summed E-state index contributed by atoms with van der Waals surface area (Å²) in [6, 6.07) is 0. The van der Waals surface area contributed by atoms with E-state index in [0.29, 0.717) is 32.2 Å². The maximum Gasteiger partial charge on any atom is 0.306 e. The molecule has 0 radical (unpaired) electrons. The van der Waals surface area contributed by atoms with Gasteiger partial charge >= 0.3 is 17.9 Å². The smallest absolute Gasteiger partial charge is 0.306 e. The van der Waals surface area contributed by atoms with Crippen LogP contribution in [-0.2, 0) is 24.0 Å². The highest BCUT2D eigenvalue weighted by molar-refractivity contribution is 5.84. The van der Waals surface area contributed by atoms with Gasteiger partial charge in [0.1, 0.15) is 5.78 Å². The number of rotatable bonds is 28. The van der Waals surface area contributed by atoms with E-state index in [2.05, 4.69) is 5.32 Å².